The molecule has 1 aliphatic rings. The van der Waals surface area contributed by atoms with Gasteiger partial charge in [-0.1, -0.05) is 36.4 Å². The van der Waals surface area contributed by atoms with Crippen LogP contribution in [-0.2, 0) is 0 Å². The van der Waals surface area contributed by atoms with Gasteiger partial charge in [-0.15, -0.1) is 0 Å². The third-order valence-corrected chi connectivity index (χ3v) is 3.39. The molecule has 114 valence electrons. The Morgan fingerprint density at radius 1 is 0.955 bits per heavy atom. The van der Waals surface area contributed by atoms with Gasteiger partial charge in [0.2, 0.25) is 0 Å². The lowest BCUT2D eigenvalue weighted by molar-refractivity contribution is -0.905. The topological polar surface area (TPSA) is 50.4 Å². The molecule has 1 aliphatic heterocycles. The maximum absolute atomic E-state index is 12.3. The number of rotatable bonds is 2. The van der Waals surface area contributed by atoms with Gasteiger partial charge in [0, 0.05) is 11.1 Å². The molecule has 0 atom stereocenters. The van der Waals surface area contributed by atoms with Crippen molar-refractivity contribution in [3.8, 4) is 11.5 Å². The van der Waals surface area contributed by atoms with Gasteiger partial charge >= 0.3 is 6.03 Å². The summed E-state index contributed by atoms with van der Waals surface area (Å²) in [7, 11) is 5.68. The van der Waals surface area contributed by atoms with Crippen molar-refractivity contribution in [2.24, 2.45) is 0 Å². The number of nitrogens with zero attached hydrogens (tertiary/aromatic N) is 1. The van der Waals surface area contributed by atoms with Crippen LogP contribution in [0.5, 0.6) is 11.5 Å². The number of quaternary nitrogens is 1. The van der Waals surface area contributed by atoms with Gasteiger partial charge in [0.1, 0.15) is 11.5 Å². The molecule has 2 aromatic carbocycles. The predicted molar refractivity (Wildman–Crippen MR) is 84.5 cm³/mol. The normalized spacial score (nSPS) is 13.6. The Morgan fingerprint density at radius 3 is 1.95 bits per heavy atom. The lowest BCUT2D eigenvalue weighted by Gasteiger charge is -2.30. The second kappa shape index (κ2) is 5.35. The minimum Gasteiger partial charge on any atom is -0.457 e. The maximum Gasteiger partial charge on any atom is 0.359 e. The number of nitrogens with one attached hydrogen (secondary N) is 2. The number of urea groups is 1. The molecule has 0 radical (unpaired) electrons. The number of benzene rings is 2. The van der Waals surface area contributed by atoms with E-state index in [1.165, 1.54) is 0 Å². The molecule has 22 heavy (non-hydrogen) atoms. The number of ether oxygens (including phenoxy) is 1. The van der Waals surface area contributed by atoms with Crippen molar-refractivity contribution >= 4 is 6.03 Å². The molecule has 5 heteroatoms. The molecule has 5 nitrogen and oxygen atoms in total. The molecule has 2 amide bonds. The van der Waals surface area contributed by atoms with Gasteiger partial charge < -0.3 is 10.1 Å². The number of carbonyl (C=O) groups excluding carboxylic acids is 1. The molecule has 0 unspecified atom stereocenters. The van der Waals surface area contributed by atoms with E-state index in [0.29, 0.717) is 4.59 Å². The van der Waals surface area contributed by atoms with Gasteiger partial charge in [-0.25, -0.2) is 9.39 Å². The molecule has 0 fully saturated rings. The Hall–Kier alpha value is -2.53. The van der Waals surface area contributed by atoms with E-state index in [1.807, 2.05) is 69.7 Å². The largest absolute Gasteiger partial charge is 0.457 e. The van der Waals surface area contributed by atoms with E-state index in [0.717, 1.165) is 22.6 Å². The van der Waals surface area contributed by atoms with Crippen LogP contribution in [0.1, 0.15) is 17.2 Å². The van der Waals surface area contributed by atoms with Crippen LogP contribution in [0.15, 0.2) is 48.5 Å². The SMILES string of the molecule is C[N+](C)(C)NC(=O)NC1c2ccccc2Oc2ccccc21. The highest BCUT2D eigenvalue weighted by molar-refractivity contribution is 5.74. The number of hydrogen-bond acceptors (Lipinski definition) is 2. The highest BCUT2D eigenvalue weighted by Crippen LogP contribution is 2.42. The average Bonchev–Trinajstić information content (AvgIpc) is 2.45. The van der Waals surface area contributed by atoms with E-state index in [2.05, 4.69) is 10.7 Å². The standard InChI is InChI=1S/C17H19N3O2/c1-20(2,3)19-17(21)18-16-12-8-4-6-10-14(12)22-15-11-7-5-9-13(15)16/h4-11,16H,1-3H3,(H-,18,19,21)/p+1. The Kier molecular flexibility index (Phi) is 3.50. The maximum atomic E-state index is 12.3. The highest BCUT2D eigenvalue weighted by atomic mass is 16.5. The van der Waals surface area contributed by atoms with Crippen molar-refractivity contribution in [1.82, 2.24) is 10.7 Å². The Morgan fingerprint density at radius 2 is 1.45 bits per heavy atom. The van der Waals surface area contributed by atoms with Crippen molar-refractivity contribution in [1.29, 1.82) is 0 Å². The fourth-order valence-electron chi connectivity index (χ4n) is 2.53. The first-order valence-electron chi connectivity index (χ1n) is 7.20. The lowest BCUT2D eigenvalue weighted by Crippen LogP contribution is -2.55. The second-order valence-electron chi connectivity index (χ2n) is 6.21. The zero-order chi connectivity index (χ0) is 15.7. The van der Waals surface area contributed by atoms with Crippen LogP contribution in [0.25, 0.3) is 0 Å². The summed E-state index contributed by atoms with van der Waals surface area (Å²) in [5.41, 5.74) is 4.79. The molecule has 2 N–H and O–H groups in total. The van der Waals surface area contributed by atoms with E-state index in [4.69, 9.17) is 4.74 Å². The molecule has 1 heterocycles. The summed E-state index contributed by atoms with van der Waals surface area (Å²) in [5.74, 6) is 1.55. The molecule has 2 aromatic rings. The number of hydrogen-bond donors (Lipinski definition) is 2. The lowest BCUT2D eigenvalue weighted by atomic mass is 9.95. The van der Waals surface area contributed by atoms with Crippen molar-refractivity contribution in [2.45, 2.75) is 6.04 Å². The smallest absolute Gasteiger partial charge is 0.359 e. The molecule has 0 saturated carbocycles. The van der Waals surface area contributed by atoms with Crippen LogP contribution in [0.2, 0.25) is 0 Å². The quantitative estimate of drug-likeness (QED) is 0.661. The Balaban J connectivity index is 1.95. The second-order valence-corrected chi connectivity index (χ2v) is 6.21. The van der Waals surface area contributed by atoms with E-state index >= 15 is 0 Å². The summed E-state index contributed by atoms with van der Waals surface area (Å²) < 4.78 is 6.26. The van der Waals surface area contributed by atoms with Crippen LogP contribution >= 0.6 is 0 Å². The van der Waals surface area contributed by atoms with Gasteiger partial charge in [0.25, 0.3) is 0 Å². The van der Waals surface area contributed by atoms with Crippen LogP contribution in [-0.4, -0.2) is 31.8 Å². The van der Waals surface area contributed by atoms with E-state index in [1.54, 1.807) is 0 Å². The van der Waals surface area contributed by atoms with Crippen molar-refractivity contribution in [2.75, 3.05) is 21.1 Å². The van der Waals surface area contributed by atoms with E-state index < -0.39 is 0 Å². The monoisotopic (exact) mass is 298 g/mol. The Labute approximate surface area is 130 Å². The third-order valence-electron chi connectivity index (χ3n) is 3.39. The molecule has 0 saturated heterocycles. The van der Waals surface area contributed by atoms with Crippen LogP contribution in [0, 0.1) is 0 Å². The number of fused-ring (bicyclic) bond motifs is 2. The molecule has 0 bridgehead atoms. The van der Waals surface area contributed by atoms with Crippen LogP contribution in [0.4, 0.5) is 4.79 Å². The molecular formula is C17H20N3O2+. The van der Waals surface area contributed by atoms with Crippen LogP contribution < -0.4 is 15.5 Å². The predicted octanol–water partition coefficient (Wildman–Crippen LogP) is 2.80. The van der Waals surface area contributed by atoms with Crippen molar-refractivity contribution in [3.63, 3.8) is 0 Å². The fraction of sp³-hybridized carbons (Fsp3) is 0.235. The van der Waals surface area contributed by atoms with E-state index in [9.17, 15) is 4.79 Å². The summed E-state index contributed by atoms with van der Waals surface area (Å²) in [4.78, 5) is 12.3. The minimum absolute atomic E-state index is 0.219. The summed E-state index contributed by atoms with van der Waals surface area (Å²) in [5, 5.41) is 3.04. The summed E-state index contributed by atoms with van der Waals surface area (Å²) >= 11 is 0. The van der Waals surface area contributed by atoms with Gasteiger partial charge in [0.05, 0.1) is 27.2 Å². The zero-order valence-corrected chi connectivity index (χ0v) is 13.0. The number of para-hydroxylation sites is 2. The summed E-state index contributed by atoms with van der Waals surface area (Å²) in [6.45, 7) is 0. The Bertz CT molecular complexity index is 662. The summed E-state index contributed by atoms with van der Waals surface area (Å²) in [6.07, 6.45) is 0. The first-order valence-corrected chi connectivity index (χ1v) is 7.20. The molecule has 3 rings (SSSR count). The fourth-order valence-corrected chi connectivity index (χ4v) is 2.53. The van der Waals surface area contributed by atoms with Crippen LogP contribution in [0.3, 0.4) is 0 Å². The van der Waals surface area contributed by atoms with Gasteiger partial charge in [-0.05, 0) is 12.1 Å². The van der Waals surface area contributed by atoms with Gasteiger partial charge in [-0.2, -0.15) is 5.43 Å². The molecule has 0 aliphatic carbocycles. The first-order chi connectivity index (χ1) is 10.4. The first kappa shape index (κ1) is 14.4. The molecule has 0 spiro atoms. The van der Waals surface area contributed by atoms with Gasteiger partial charge in [0.15, 0.2) is 0 Å². The molecule has 0 aromatic heterocycles. The average molecular weight is 298 g/mol. The zero-order valence-electron chi connectivity index (χ0n) is 13.0. The third kappa shape index (κ3) is 2.89. The van der Waals surface area contributed by atoms with Gasteiger partial charge in [-0.3, -0.25) is 0 Å². The number of amides is 2. The van der Waals surface area contributed by atoms with Crippen molar-refractivity contribution in [3.05, 3.63) is 59.7 Å². The highest BCUT2D eigenvalue weighted by Gasteiger charge is 2.29. The molecular weight excluding hydrogens is 278 g/mol. The summed E-state index contributed by atoms with van der Waals surface area (Å²) in [6, 6.07) is 15.1. The minimum atomic E-state index is -0.229. The van der Waals surface area contributed by atoms with E-state index in [-0.39, 0.29) is 12.1 Å². The van der Waals surface area contributed by atoms with Crippen molar-refractivity contribution < 1.29 is 14.1 Å². The number of carbonyl (C=O) groups is 1.